The van der Waals surface area contributed by atoms with Crippen molar-refractivity contribution in [3.05, 3.63) is 53.8 Å². The highest BCUT2D eigenvalue weighted by molar-refractivity contribution is 6.02. The second-order valence-electron chi connectivity index (χ2n) is 5.95. The highest BCUT2D eigenvalue weighted by Gasteiger charge is 2.15. The number of fused-ring (bicyclic) bond motifs is 1. The van der Waals surface area contributed by atoms with Crippen LogP contribution in [0.4, 0.5) is 4.39 Å². The Labute approximate surface area is 140 Å². The maximum atomic E-state index is 13.2. The molecule has 0 aliphatic carbocycles. The van der Waals surface area contributed by atoms with Gasteiger partial charge in [-0.05, 0) is 48.9 Å². The summed E-state index contributed by atoms with van der Waals surface area (Å²) in [5.41, 5.74) is 4.03. The van der Waals surface area contributed by atoms with Crippen LogP contribution >= 0.6 is 0 Å². The van der Waals surface area contributed by atoms with Crippen LogP contribution in [0, 0.1) is 5.82 Å². The van der Waals surface area contributed by atoms with E-state index in [1.165, 1.54) is 12.1 Å². The summed E-state index contributed by atoms with van der Waals surface area (Å²) in [4.78, 5) is 9.30. The van der Waals surface area contributed by atoms with Crippen molar-refractivity contribution in [1.29, 1.82) is 0 Å². The number of rotatable bonds is 4. The van der Waals surface area contributed by atoms with E-state index in [0.717, 1.165) is 59.9 Å². The van der Waals surface area contributed by atoms with Crippen molar-refractivity contribution in [1.82, 2.24) is 14.9 Å². The zero-order chi connectivity index (χ0) is 16.5. The van der Waals surface area contributed by atoms with E-state index in [1.807, 2.05) is 0 Å². The van der Waals surface area contributed by atoms with E-state index < -0.39 is 0 Å². The number of aryl methyl sites for hydroxylation is 1. The number of aromatic nitrogens is 2. The van der Waals surface area contributed by atoms with Crippen LogP contribution in [0.15, 0.2) is 47.5 Å². The minimum atomic E-state index is -0.232. The van der Waals surface area contributed by atoms with Crippen molar-refractivity contribution >= 4 is 16.9 Å². The van der Waals surface area contributed by atoms with E-state index in [-0.39, 0.29) is 5.82 Å². The summed E-state index contributed by atoms with van der Waals surface area (Å²) in [5, 5.41) is 3.30. The summed E-state index contributed by atoms with van der Waals surface area (Å²) in [6.07, 6.45) is 1.01. The molecule has 1 aromatic heterocycles. The van der Waals surface area contributed by atoms with Gasteiger partial charge in [0.25, 0.3) is 0 Å². The van der Waals surface area contributed by atoms with E-state index in [4.69, 9.17) is 4.98 Å². The molecule has 0 amide bonds. The Morgan fingerprint density at radius 3 is 2.62 bits per heavy atom. The quantitative estimate of drug-likeness (QED) is 0.797. The van der Waals surface area contributed by atoms with Gasteiger partial charge in [-0.2, -0.15) is 0 Å². The van der Waals surface area contributed by atoms with Crippen molar-refractivity contribution in [2.45, 2.75) is 19.9 Å². The van der Waals surface area contributed by atoms with Crippen LogP contribution in [0.2, 0.25) is 0 Å². The Hall–Kier alpha value is -2.69. The van der Waals surface area contributed by atoms with Gasteiger partial charge in [-0.25, -0.2) is 9.37 Å². The maximum Gasteiger partial charge on any atom is 0.141 e. The minimum Gasteiger partial charge on any atom is -0.368 e. The zero-order valence-corrected chi connectivity index (χ0v) is 13.6. The molecule has 2 heterocycles. The van der Waals surface area contributed by atoms with Gasteiger partial charge in [0, 0.05) is 24.2 Å². The van der Waals surface area contributed by atoms with Crippen LogP contribution in [0.25, 0.3) is 22.4 Å². The first-order valence-corrected chi connectivity index (χ1v) is 8.31. The number of imidazole rings is 1. The van der Waals surface area contributed by atoms with E-state index in [1.54, 1.807) is 12.1 Å². The fourth-order valence-electron chi connectivity index (χ4n) is 3.14. The molecule has 0 atom stereocenters. The number of halogens is 1. The molecule has 2 aromatic carbocycles. The molecule has 0 radical (unpaired) electrons. The number of nitrogens with zero attached hydrogens (tertiary/aromatic N) is 3. The van der Waals surface area contributed by atoms with Crippen molar-refractivity contribution < 1.29 is 4.39 Å². The summed E-state index contributed by atoms with van der Waals surface area (Å²) < 4.78 is 15.4. The van der Waals surface area contributed by atoms with Crippen molar-refractivity contribution in [3.8, 4) is 11.4 Å². The lowest BCUT2D eigenvalue weighted by atomic mass is 10.2. The van der Waals surface area contributed by atoms with Crippen molar-refractivity contribution in [2.75, 3.05) is 13.1 Å². The van der Waals surface area contributed by atoms with Crippen LogP contribution in [0.3, 0.4) is 0 Å². The Morgan fingerprint density at radius 2 is 1.92 bits per heavy atom. The van der Waals surface area contributed by atoms with Crippen LogP contribution in [0.1, 0.15) is 18.9 Å². The van der Waals surface area contributed by atoms with Gasteiger partial charge in [0.15, 0.2) is 0 Å². The minimum absolute atomic E-state index is 0.232. The standard InChI is InChI=1S/C19H19FN4/c1-2-11-24-17-8-5-14(18-21-9-10-22-18)12-16(17)23-19(24)13-3-6-15(20)7-4-13/h3-8,12H,2,9-11H2,1H3,(H,21,22). The highest BCUT2D eigenvalue weighted by atomic mass is 19.1. The Morgan fingerprint density at radius 1 is 1.12 bits per heavy atom. The summed E-state index contributed by atoms with van der Waals surface area (Å²) >= 11 is 0. The predicted octanol–water partition coefficient (Wildman–Crippen LogP) is 3.60. The van der Waals surface area contributed by atoms with Gasteiger partial charge >= 0.3 is 0 Å². The van der Waals surface area contributed by atoms with E-state index in [2.05, 4.69) is 40.0 Å². The molecule has 5 heteroatoms. The van der Waals surface area contributed by atoms with E-state index in [0.29, 0.717) is 0 Å². The Bertz CT molecular complexity index is 909. The maximum absolute atomic E-state index is 13.2. The third-order valence-electron chi connectivity index (χ3n) is 4.25. The van der Waals surface area contributed by atoms with E-state index in [9.17, 15) is 4.39 Å². The molecule has 3 aromatic rings. The first kappa shape index (κ1) is 14.9. The molecule has 122 valence electrons. The third-order valence-corrected chi connectivity index (χ3v) is 4.25. The first-order chi connectivity index (χ1) is 11.8. The van der Waals surface area contributed by atoms with Gasteiger partial charge in [0.1, 0.15) is 17.5 Å². The molecule has 24 heavy (non-hydrogen) atoms. The molecule has 1 aliphatic heterocycles. The monoisotopic (exact) mass is 322 g/mol. The summed E-state index contributed by atoms with van der Waals surface area (Å²) in [6.45, 7) is 4.73. The summed E-state index contributed by atoms with van der Waals surface area (Å²) in [5.74, 6) is 1.58. The van der Waals surface area contributed by atoms with Crippen LogP contribution < -0.4 is 5.32 Å². The molecule has 1 N–H and O–H groups in total. The molecule has 4 nitrogen and oxygen atoms in total. The largest absolute Gasteiger partial charge is 0.368 e. The average Bonchev–Trinajstić information content (AvgIpc) is 3.24. The van der Waals surface area contributed by atoms with Gasteiger partial charge in [-0.1, -0.05) is 6.92 Å². The smallest absolute Gasteiger partial charge is 0.141 e. The second-order valence-corrected chi connectivity index (χ2v) is 5.95. The van der Waals surface area contributed by atoms with Crippen LogP contribution in [-0.4, -0.2) is 28.5 Å². The molecule has 0 saturated heterocycles. The molecule has 4 rings (SSSR count). The fraction of sp³-hybridized carbons (Fsp3) is 0.263. The lowest BCUT2D eigenvalue weighted by Crippen LogP contribution is -2.19. The molecule has 0 unspecified atom stereocenters. The van der Waals surface area contributed by atoms with Gasteiger partial charge < -0.3 is 9.88 Å². The molecule has 0 bridgehead atoms. The van der Waals surface area contributed by atoms with Gasteiger partial charge in [-0.3, -0.25) is 4.99 Å². The molecule has 0 fully saturated rings. The van der Waals surface area contributed by atoms with Gasteiger partial charge in [0.05, 0.1) is 17.6 Å². The number of hydrogen-bond acceptors (Lipinski definition) is 3. The topological polar surface area (TPSA) is 42.2 Å². The number of benzene rings is 2. The Kier molecular flexibility index (Phi) is 3.76. The van der Waals surface area contributed by atoms with Crippen LogP contribution in [-0.2, 0) is 6.54 Å². The van der Waals surface area contributed by atoms with Crippen molar-refractivity contribution in [2.24, 2.45) is 4.99 Å². The molecular weight excluding hydrogens is 303 g/mol. The number of aliphatic imine (C=N–C) groups is 1. The SMILES string of the molecule is CCCn1c(-c2ccc(F)cc2)nc2cc(C3=NCCN3)ccc21. The lowest BCUT2D eigenvalue weighted by molar-refractivity contribution is 0.628. The fourth-order valence-corrected chi connectivity index (χ4v) is 3.14. The summed E-state index contributed by atoms with van der Waals surface area (Å²) in [7, 11) is 0. The van der Waals surface area contributed by atoms with E-state index >= 15 is 0 Å². The molecule has 0 saturated carbocycles. The predicted molar refractivity (Wildman–Crippen MR) is 94.8 cm³/mol. The number of hydrogen-bond donors (Lipinski definition) is 1. The number of nitrogens with one attached hydrogen (secondary N) is 1. The Balaban J connectivity index is 1.86. The second kappa shape index (κ2) is 6.07. The lowest BCUT2D eigenvalue weighted by Gasteiger charge is -2.08. The third kappa shape index (κ3) is 2.56. The summed E-state index contributed by atoms with van der Waals surface area (Å²) in [6, 6.07) is 12.8. The van der Waals surface area contributed by atoms with Gasteiger partial charge in [0.2, 0.25) is 0 Å². The first-order valence-electron chi connectivity index (χ1n) is 8.31. The molecular formula is C19H19FN4. The van der Waals surface area contributed by atoms with Gasteiger partial charge in [-0.15, -0.1) is 0 Å². The highest BCUT2D eigenvalue weighted by Crippen LogP contribution is 2.26. The zero-order valence-electron chi connectivity index (χ0n) is 13.6. The molecule has 0 spiro atoms. The normalized spacial score (nSPS) is 14.0. The number of amidine groups is 1. The van der Waals surface area contributed by atoms with Crippen LogP contribution in [0.5, 0.6) is 0 Å². The van der Waals surface area contributed by atoms with Crippen molar-refractivity contribution in [3.63, 3.8) is 0 Å². The molecule has 1 aliphatic rings. The average molecular weight is 322 g/mol.